The number of aliphatic hydroxyl groups excluding tert-OH is 4. The molecule has 7 heteroatoms. The molecule has 2 rings (SSSR count). The summed E-state index contributed by atoms with van der Waals surface area (Å²) >= 11 is 0. The van der Waals surface area contributed by atoms with Crippen molar-refractivity contribution in [2.75, 3.05) is 0 Å². The maximum absolute atomic E-state index is 11.8. The Hall–Kier alpha value is -2.51. The van der Waals surface area contributed by atoms with Gasteiger partial charge in [0.2, 0.25) is 0 Å². The average molecular weight is 605 g/mol. The van der Waals surface area contributed by atoms with Gasteiger partial charge in [0.25, 0.3) is 0 Å². The Balaban J connectivity index is -0.000000548. The van der Waals surface area contributed by atoms with Crippen molar-refractivity contribution in [1.82, 2.24) is 0 Å². The van der Waals surface area contributed by atoms with Crippen LogP contribution in [-0.2, 0) is 31.3 Å². The van der Waals surface area contributed by atoms with Gasteiger partial charge in [0.15, 0.2) is 11.6 Å². The zero-order valence-corrected chi connectivity index (χ0v) is 28.2. The SMILES string of the molecule is CC(C)O.CC(C)O.CCC(C)(C)C(=O)/C=C(\O)c1ccccc1.CCC(C)(C)C(=O)/C=C(\O)c1ccccc1.[Ti]. The molecule has 0 aliphatic rings. The Bertz CT molecular complexity index is 948. The Morgan fingerprint density at radius 3 is 1.05 bits per heavy atom. The molecule has 0 heterocycles. The van der Waals surface area contributed by atoms with Crippen LogP contribution in [0.2, 0.25) is 0 Å². The number of hydrogen-bond acceptors (Lipinski definition) is 6. The number of hydrogen-bond donors (Lipinski definition) is 4. The maximum atomic E-state index is 11.8. The fourth-order valence-corrected chi connectivity index (χ4v) is 2.37. The zero-order chi connectivity index (χ0) is 31.5. The van der Waals surface area contributed by atoms with Crippen molar-refractivity contribution in [2.24, 2.45) is 10.8 Å². The maximum Gasteiger partial charge on any atom is 0.164 e. The first-order valence-corrected chi connectivity index (χ1v) is 13.8. The minimum atomic E-state index is -0.414. The molecule has 0 saturated carbocycles. The molecule has 6 nitrogen and oxygen atoms in total. The largest absolute Gasteiger partial charge is 0.507 e. The zero-order valence-electron chi connectivity index (χ0n) is 26.6. The second-order valence-corrected chi connectivity index (χ2v) is 11.2. The van der Waals surface area contributed by atoms with E-state index in [9.17, 15) is 19.8 Å². The Morgan fingerprint density at radius 1 is 0.634 bits per heavy atom. The molecule has 0 saturated heterocycles. The van der Waals surface area contributed by atoms with Gasteiger partial charge in [-0.05, 0) is 40.5 Å². The first kappa shape index (κ1) is 43.0. The minimum Gasteiger partial charge on any atom is -0.507 e. The van der Waals surface area contributed by atoms with Crippen LogP contribution >= 0.6 is 0 Å². The molecule has 0 bridgehead atoms. The van der Waals surface area contributed by atoms with Gasteiger partial charge in [-0.3, -0.25) is 9.59 Å². The van der Waals surface area contributed by atoms with Gasteiger partial charge in [0, 0.05) is 68.0 Å². The summed E-state index contributed by atoms with van der Waals surface area (Å²) in [5.74, 6) is -0.0213. The molecule has 0 aromatic heterocycles. The van der Waals surface area contributed by atoms with Gasteiger partial charge in [0.05, 0.1) is 0 Å². The summed E-state index contributed by atoms with van der Waals surface area (Å²) in [4.78, 5) is 23.7. The quantitative estimate of drug-likeness (QED) is 0.138. The van der Waals surface area contributed by atoms with Crippen molar-refractivity contribution in [1.29, 1.82) is 0 Å². The van der Waals surface area contributed by atoms with Crippen molar-refractivity contribution >= 4 is 23.1 Å². The number of carbonyl (C=O) groups is 2. The first-order valence-electron chi connectivity index (χ1n) is 13.8. The molecule has 0 amide bonds. The molecule has 41 heavy (non-hydrogen) atoms. The summed E-state index contributed by atoms with van der Waals surface area (Å²) < 4.78 is 0. The van der Waals surface area contributed by atoms with E-state index < -0.39 is 10.8 Å². The van der Waals surface area contributed by atoms with E-state index >= 15 is 0 Å². The minimum absolute atomic E-state index is 0. The molecular weight excluding hydrogens is 552 g/mol. The molecule has 0 aliphatic carbocycles. The third-order valence-electron chi connectivity index (χ3n) is 5.78. The molecule has 0 spiro atoms. The fourth-order valence-electron chi connectivity index (χ4n) is 2.37. The van der Waals surface area contributed by atoms with Crippen LogP contribution in [0, 0.1) is 10.8 Å². The van der Waals surface area contributed by atoms with E-state index in [2.05, 4.69) is 0 Å². The van der Waals surface area contributed by atoms with Crippen molar-refractivity contribution in [3.8, 4) is 0 Å². The fraction of sp³-hybridized carbons (Fsp3) is 0.471. The van der Waals surface area contributed by atoms with Crippen molar-refractivity contribution in [2.45, 2.75) is 94.3 Å². The van der Waals surface area contributed by atoms with E-state index in [1.54, 1.807) is 52.0 Å². The predicted octanol–water partition coefficient (Wildman–Crippen LogP) is 7.95. The number of allylic oxidation sites excluding steroid dienone is 2. The summed E-state index contributed by atoms with van der Waals surface area (Å²) in [5.41, 5.74) is 0.511. The number of benzene rings is 2. The van der Waals surface area contributed by atoms with Crippen LogP contribution in [0.25, 0.3) is 11.5 Å². The molecule has 228 valence electrons. The van der Waals surface area contributed by atoms with Crippen LogP contribution in [0.5, 0.6) is 0 Å². The van der Waals surface area contributed by atoms with E-state index in [-0.39, 0.29) is 57.0 Å². The predicted molar refractivity (Wildman–Crippen MR) is 167 cm³/mol. The summed E-state index contributed by atoms with van der Waals surface area (Å²) in [6.07, 6.45) is 3.81. The van der Waals surface area contributed by atoms with Crippen LogP contribution in [-0.4, -0.2) is 44.2 Å². The average Bonchev–Trinajstić information content (AvgIpc) is 2.89. The first-order chi connectivity index (χ1) is 18.4. The van der Waals surface area contributed by atoms with Gasteiger partial charge in [-0.25, -0.2) is 0 Å². The molecular formula is C34H52O6Ti. The molecule has 2 aromatic rings. The van der Waals surface area contributed by atoms with Gasteiger partial charge in [0.1, 0.15) is 11.5 Å². The van der Waals surface area contributed by atoms with Crippen molar-refractivity contribution < 1.29 is 51.7 Å². The number of aliphatic hydroxyl groups is 4. The van der Waals surface area contributed by atoms with Gasteiger partial charge in [-0.1, -0.05) is 102 Å². The molecule has 4 N–H and O–H groups in total. The number of ketones is 2. The van der Waals surface area contributed by atoms with Crippen LogP contribution in [0.3, 0.4) is 0 Å². The molecule has 0 fully saturated rings. The van der Waals surface area contributed by atoms with E-state index in [4.69, 9.17) is 10.2 Å². The molecule has 2 aromatic carbocycles. The normalized spacial score (nSPS) is 11.6. The Kier molecular flexibility index (Phi) is 23.2. The Labute approximate surface area is 263 Å². The molecule has 0 unspecified atom stereocenters. The van der Waals surface area contributed by atoms with Crippen molar-refractivity contribution in [3.05, 3.63) is 83.9 Å². The van der Waals surface area contributed by atoms with Crippen LogP contribution < -0.4 is 0 Å². The topological polar surface area (TPSA) is 115 Å². The van der Waals surface area contributed by atoms with E-state index in [1.807, 2.05) is 77.9 Å². The number of rotatable bonds is 8. The summed E-state index contributed by atoms with van der Waals surface area (Å²) in [5, 5.41) is 35.7. The molecule has 0 atom stereocenters. The Morgan fingerprint density at radius 2 is 0.854 bits per heavy atom. The third-order valence-corrected chi connectivity index (χ3v) is 5.78. The third kappa shape index (κ3) is 20.9. The van der Waals surface area contributed by atoms with E-state index in [1.165, 1.54) is 12.2 Å². The van der Waals surface area contributed by atoms with Gasteiger partial charge < -0.3 is 20.4 Å². The second-order valence-electron chi connectivity index (χ2n) is 11.2. The van der Waals surface area contributed by atoms with Crippen LogP contribution in [0.4, 0.5) is 0 Å². The standard InChI is InChI=1S/2C14H18O2.2C3H8O.Ti/c2*1-4-14(2,3)13(16)10-12(15)11-8-6-5-7-9-11;2*1-3(2)4;/h2*5-10,15H,4H2,1-3H3;2*3-4H,1-2H3;/b2*12-10-;;;. The van der Waals surface area contributed by atoms with E-state index in [0.29, 0.717) is 11.1 Å². The van der Waals surface area contributed by atoms with E-state index in [0.717, 1.165) is 12.8 Å². The number of carbonyl (C=O) groups excluding carboxylic acids is 2. The molecule has 0 radical (unpaired) electrons. The summed E-state index contributed by atoms with van der Waals surface area (Å²) in [6, 6.07) is 18.2. The van der Waals surface area contributed by atoms with Crippen LogP contribution in [0.1, 0.15) is 93.2 Å². The monoisotopic (exact) mass is 604 g/mol. The van der Waals surface area contributed by atoms with Gasteiger partial charge in [-0.2, -0.15) is 0 Å². The summed E-state index contributed by atoms with van der Waals surface area (Å²) in [6.45, 7) is 18.3. The van der Waals surface area contributed by atoms with Gasteiger partial charge in [-0.15, -0.1) is 0 Å². The van der Waals surface area contributed by atoms with Gasteiger partial charge >= 0.3 is 0 Å². The molecule has 0 aliphatic heterocycles. The smallest absolute Gasteiger partial charge is 0.164 e. The second kappa shape index (κ2) is 22.1. The van der Waals surface area contributed by atoms with Crippen LogP contribution in [0.15, 0.2) is 72.8 Å². The van der Waals surface area contributed by atoms with Crippen molar-refractivity contribution in [3.63, 3.8) is 0 Å². The summed E-state index contributed by atoms with van der Waals surface area (Å²) in [7, 11) is 0.